The average Bonchev–Trinajstić information content (AvgIpc) is 2.61. The number of rotatable bonds is 3. The number of benzene rings is 1. The highest BCUT2D eigenvalue weighted by atomic mass is 35.5. The topological polar surface area (TPSA) is 43.9 Å². The Morgan fingerprint density at radius 2 is 1.63 bits per heavy atom. The Labute approximate surface area is 171 Å². The van der Waals surface area contributed by atoms with Crippen LogP contribution < -0.4 is 0 Å². The maximum absolute atomic E-state index is 12.7. The Morgan fingerprint density at radius 1 is 1.00 bits per heavy atom. The van der Waals surface area contributed by atoms with E-state index in [1.807, 2.05) is 4.90 Å². The van der Waals surface area contributed by atoms with Crippen LogP contribution in [0.1, 0.15) is 30.6 Å². The number of piperidine rings is 1. The Morgan fingerprint density at radius 3 is 2.22 bits per heavy atom. The molecule has 0 saturated carbocycles. The SMILES string of the molecule is CC1CC(C)CN(C(=O)CN2CCN(C(=O)c3ccc(Cl)cc3Cl)CC2)C1. The molecule has 0 spiro atoms. The number of halogens is 2. The maximum Gasteiger partial charge on any atom is 0.255 e. The van der Waals surface area contributed by atoms with E-state index in [1.54, 1.807) is 23.1 Å². The third kappa shape index (κ3) is 5.15. The fourth-order valence-electron chi connectivity index (χ4n) is 4.10. The van der Waals surface area contributed by atoms with E-state index in [1.165, 1.54) is 6.42 Å². The molecule has 2 saturated heterocycles. The molecule has 2 atom stereocenters. The molecule has 2 amide bonds. The molecule has 2 aliphatic heterocycles. The van der Waals surface area contributed by atoms with Crippen LogP contribution in [0, 0.1) is 11.8 Å². The van der Waals surface area contributed by atoms with Crippen LogP contribution in [0.2, 0.25) is 10.0 Å². The van der Waals surface area contributed by atoms with Crippen molar-refractivity contribution in [3.8, 4) is 0 Å². The van der Waals surface area contributed by atoms with Crippen LogP contribution in [0.4, 0.5) is 0 Å². The summed E-state index contributed by atoms with van der Waals surface area (Å²) in [4.78, 5) is 31.3. The van der Waals surface area contributed by atoms with Crippen molar-refractivity contribution in [2.75, 3.05) is 45.8 Å². The predicted octanol–water partition coefficient (Wildman–Crippen LogP) is 3.26. The third-order valence-corrected chi connectivity index (χ3v) is 5.95. The Bertz CT molecular complexity index is 694. The second kappa shape index (κ2) is 8.80. The van der Waals surface area contributed by atoms with Crippen LogP contribution in [-0.4, -0.2) is 72.3 Å². The molecule has 0 radical (unpaired) electrons. The Hall–Kier alpha value is -1.30. The van der Waals surface area contributed by atoms with E-state index in [9.17, 15) is 9.59 Å². The van der Waals surface area contributed by atoms with Gasteiger partial charge >= 0.3 is 0 Å². The van der Waals surface area contributed by atoms with Gasteiger partial charge in [0.05, 0.1) is 17.1 Å². The lowest BCUT2D eigenvalue weighted by Gasteiger charge is -2.38. The zero-order chi connectivity index (χ0) is 19.6. The van der Waals surface area contributed by atoms with Crippen molar-refractivity contribution in [1.82, 2.24) is 14.7 Å². The summed E-state index contributed by atoms with van der Waals surface area (Å²) in [6.45, 7) is 9.15. The van der Waals surface area contributed by atoms with E-state index in [0.717, 1.165) is 13.1 Å². The van der Waals surface area contributed by atoms with Gasteiger partial charge in [-0.05, 0) is 36.5 Å². The molecular weight excluding hydrogens is 385 g/mol. The summed E-state index contributed by atoms with van der Waals surface area (Å²) in [5.74, 6) is 1.25. The van der Waals surface area contributed by atoms with Gasteiger partial charge in [0.25, 0.3) is 5.91 Å². The van der Waals surface area contributed by atoms with Crippen LogP contribution >= 0.6 is 23.2 Å². The van der Waals surface area contributed by atoms with Gasteiger partial charge in [0, 0.05) is 44.3 Å². The second-order valence-electron chi connectivity index (χ2n) is 7.94. The van der Waals surface area contributed by atoms with Gasteiger partial charge in [-0.2, -0.15) is 0 Å². The smallest absolute Gasteiger partial charge is 0.255 e. The number of amides is 2. The third-order valence-electron chi connectivity index (χ3n) is 5.40. The van der Waals surface area contributed by atoms with Gasteiger partial charge < -0.3 is 9.80 Å². The fourth-order valence-corrected chi connectivity index (χ4v) is 4.59. The molecule has 0 bridgehead atoms. The molecule has 2 aliphatic rings. The first kappa shape index (κ1) is 20.4. The second-order valence-corrected chi connectivity index (χ2v) is 8.78. The average molecular weight is 412 g/mol. The summed E-state index contributed by atoms with van der Waals surface area (Å²) >= 11 is 12.1. The largest absolute Gasteiger partial charge is 0.341 e. The summed E-state index contributed by atoms with van der Waals surface area (Å²) in [5, 5.41) is 0.889. The van der Waals surface area contributed by atoms with Crippen molar-refractivity contribution in [3.05, 3.63) is 33.8 Å². The number of nitrogens with zero attached hydrogens (tertiary/aromatic N) is 3. The molecule has 0 aromatic heterocycles. The molecule has 27 heavy (non-hydrogen) atoms. The van der Waals surface area contributed by atoms with Crippen LogP contribution in [-0.2, 0) is 4.79 Å². The number of carbonyl (C=O) groups is 2. The van der Waals surface area contributed by atoms with Crippen molar-refractivity contribution in [2.24, 2.45) is 11.8 Å². The highest BCUT2D eigenvalue weighted by molar-refractivity contribution is 6.36. The van der Waals surface area contributed by atoms with Crippen LogP contribution in [0.3, 0.4) is 0 Å². The predicted molar refractivity (Wildman–Crippen MR) is 108 cm³/mol. The molecule has 148 valence electrons. The lowest BCUT2D eigenvalue weighted by atomic mass is 9.92. The molecule has 1 aromatic carbocycles. The normalized spacial score (nSPS) is 24.1. The summed E-state index contributed by atoms with van der Waals surface area (Å²) in [6.07, 6.45) is 1.19. The van der Waals surface area contributed by atoms with E-state index >= 15 is 0 Å². The van der Waals surface area contributed by atoms with Gasteiger partial charge in [-0.1, -0.05) is 37.0 Å². The minimum atomic E-state index is -0.0821. The van der Waals surface area contributed by atoms with Crippen molar-refractivity contribution in [3.63, 3.8) is 0 Å². The van der Waals surface area contributed by atoms with Gasteiger partial charge in [0.2, 0.25) is 5.91 Å². The molecule has 2 heterocycles. The molecule has 1 aromatic rings. The molecule has 0 N–H and O–H groups in total. The van der Waals surface area contributed by atoms with E-state index < -0.39 is 0 Å². The molecule has 5 nitrogen and oxygen atoms in total. The summed E-state index contributed by atoms with van der Waals surface area (Å²) < 4.78 is 0. The number of likely N-dealkylation sites (tertiary alicyclic amines) is 1. The first-order valence-electron chi connectivity index (χ1n) is 9.58. The minimum absolute atomic E-state index is 0.0821. The number of carbonyl (C=O) groups excluding carboxylic acids is 2. The molecule has 0 aliphatic carbocycles. The lowest BCUT2D eigenvalue weighted by molar-refractivity contribution is -0.135. The van der Waals surface area contributed by atoms with Gasteiger partial charge in [-0.3, -0.25) is 14.5 Å². The van der Waals surface area contributed by atoms with E-state index in [0.29, 0.717) is 60.2 Å². The van der Waals surface area contributed by atoms with Crippen molar-refractivity contribution < 1.29 is 9.59 Å². The number of hydrogen-bond donors (Lipinski definition) is 0. The molecule has 7 heteroatoms. The van der Waals surface area contributed by atoms with E-state index in [-0.39, 0.29) is 11.8 Å². The van der Waals surface area contributed by atoms with E-state index in [2.05, 4.69) is 18.7 Å². The number of piperazine rings is 1. The fraction of sp³-hybridized carbons (Fsp3) is 0.600. The lowest BCUT2D eigenvalue weighted by Crippen LogP contribution is -2.53. The monoisotopic (exact) mass is 411 g/mol. The molecule has 2 unspecified atom stereocenters. The first-order valence-corrected chi connectivity index (χ1v) is 10.3. The first-order chi connectivity index (χ1) is 12.8. The van der Waals surface area contributed by atoms with Gasteiger partial charge in [-0.25, -0.2) is 0 Å². The van der Waals surface area contributed by atoms with Crippen molar-refractivity contribution >= 4 is 35.0 Å². The number of hydrogen-bond acceptors (Lipinski definition) is 3. The van der Waals surface area contributed by atoms with Gasteiger partial charge in [0.1, 0.15) is 0 Å². The summed E-state index contributed by atoms with van der Waals surface area (Å²) in [6, 6.07) is 4.93. The zero-order valence-electron chi connectivity index (χ0n) is 16.0. The highest BCUT2D eigenvalue weighted by Crippen LogP contribution is 2.23. The maximum atomic E-state index is 12.7. The molecule has 2 fully saturated rings. The van der Waals surface area contributed by atoms with Crippen LogP contribution in [0.15, 0.2) is 18.2 Å². The van der Waals surface area contributed by atoms with E-state index in [4.69, 9.17) is 23.2 Å². The zero-order valence-corrected chi connectivity index (χ0v) is 17.5. The van der Waals surface area contributed by atoms with Gasteiger partial charge in [0.15, 0.2) is 0 Å². The quantitative estimate of drug-likeness (QED) is 0.766. The minimum Gasteiger partial charge on any atom is -0.341 e. The van der Waals surface area contributed by atoms with Gasteiger partial charge in [-0.15, -0.1) is 0 Å². The van der Waals surface area contributed by atoms with Crippen molar-refractivity contribution in [2.45, 2.75) is 20.3 Å². The highest BCUT2D eigenvalue weighted by Gasteiger charge is 2.28. The van der Waals surface area contributed by atoms with Crippen molar-refractivity contribution in [1.29, 1.82) is 0 Å². The van der Waals surface area contributed by atoms with Crippen LogP contribution in [0.5, 0.6) is 0 Å². The van der Waals surface area contributed by atoms with Crippen LogP contribution in [0.25, 0.3) is 0 Å². The molecular formula is C20H27Cl2N3O2. The molecule has 3 rings (SSSR count). The Balaban J connectivity index is 1.51. The Kier molecular flexibility index (Phi) is 6.66. The summed E-state index contributed by atoms with van der Waals surface area (Å²) in [5.41, 5.74) is 0.474. The summed E-state index contributed by atoms with van der Waals surface area (Å²) in [7, 11) is 0. The standard InChI is InChI=1S/C20H27Cl2N3O2/c1-14-9-15(2)12-25(11-14)19(26)13-23-5-7-24(8-6-23)20(27)17-4-3-16(21)10-18(17)22/h3-4,10,14-15H,5-9,11-13H2,1-2H3.